The van der Waals surface area contributed by atoms with Crippen molar-refractivity contribution in [2.45, 2.75) is 6.92 Å². The van der Waals surface area contributed by atoms with Gasteiger partial charge in [-0.1, -0.05) is 12.1 Å². The van der Waals surface area contributed by atoms with E-state index < -0.39 is 0 Å². The van der Waals surface area contributed by atoms with Crippen LogP contribution in [0.15, 0.2) is 54.6 Å². The lowest BCUT2D eigenvalue weighted by Crippen LogP contribution is -2.46. The molecule has 6 nitrogen and oxygen atoms in total. The molecule has 0 aliphatic carbocycles. The normalized spacial score (nSPS) is 13.8. The standard InChI is InChI=1S/C22H21FN6/c1-16-14-21(27-22(25-16)26-20-5-3-2-4-17(20)15-24)29-12-10-28(11-13-29)19-8-6-18(23)7-9-19/h2-9,14H,10-13H2,1H3,(H,25,26,27). The number of nitrogens with zero attached hydrogens (tertiary/aromatic N) is 5. The summed E-state index contributed by atoms with van der Waals surface area (Å²) >= 11 is 0. The number of hydrogen-bond donors (Lipinski definition) is 1. The number of aryl methyl sites for hydroxylation is 1. The van der Waals surface area contributed by atoms with Crippen LogP contribution in [0, 0.1) is 24.1 Å². The van der Waals surface area contributed by atoms with Crippen molar-refractivity contribution < 1.29 is 4.39 Å². The van der Waals surface area contributed by atoms with Crippen LogP contribution in [0.2, 0.25) is 0 Å². The molecule has 29 heavy (non-hydrogen) atoms. The first-order chi connectivity index (χ1) is 14.1. The summed E-state index contributed by atoms with van der Waals surface area (Å²) in [6.45, 7) is 5.20. The van der Waals surface area contributed by atoms with Crippen molar-refractivity contribution in [2.75, 3.05) is 41.3 Å². The highest BCUT2D eigenvalue weighted by Crippen LogP contribution is 2.23. The summed E-state index contributed by atoms with van der Waals surface area (Å²) in [7, 11) is 0. The minimum absolute atomic E-state index is 0.221. The molecule has 1 fully saturated rings. The number of hydrogen-bond acceptors (Lipinski definition) is 6. The number of halogens is 1. The van der Waals surface area contributed by atoms with Crippen molar-refractivity contribution in [2.24, 2.45) is 0 Å². The Morgan fingerprint density at radius 1 is 0.966 bits per heavy atom. The van der Waals surface area contributed by atoms with Crippen LogP contribution in [0.25, 0.3) is 0 Å². The topological polar surface area (TPSA) is 68.1 Å². The smallest absolute Gasteiger partial charge is 0.229 e. The zero-order valence-corrected chi connectivity index (χ0v) is 16.1. The van der Waals surface area contributed by atoms with Crippen LogP contribution in [0.1, 0.15) is 11.3 Å². The maximum Gasteiger partial charge on any atom is 0.229 e. The fourth-order valence-electron chi connectivity index (χ4n) is 3.43. The molecule has 2 aromatic carbocycles. The number of nitriles is 1. The molecule has 0 bridgehead atoms. The maximum absolute atomic E-state index is 13.2. The minimum atomic E-state index is -0.221. The van der Waals surface area contributed by atoms with E-state index in [-0.39, 0.29) is 5.82 Å². The number of para-hydroxylation sites is 1. The fraction of sp³-hybridized carbons (Fsp3) is 0.227. The first-order valence-electron chi connectivity index (χ1n) is 9.50. The highest BCUT2D eigenvalue weighted by Gasteiger charge is 2.19. The second-order valence-electron chi connectivity index (χ2n) is 6.92. The predicted molar refractivity (Wildman–Crippen MR) is 112 cm³/mol. The number of piperazine rings is 1. The van der Waals surface area contributed by atoms with Gasteiger partial charge in [-0.2, -0.15) is 10.2 Å². The third-order valence-electron chi connectivity index (χ3n) is 4.93. The lowest BCUT2D eigenvalue weighted by atomic mass is 10.2. The van der Waals surface area contributed by atoms with Crippen LogP contribution >= 0.6 is 0 Å². The van der Waals surface area contributed by atoms with Gasteiger partial charge in [-0.3, -0.25) is 0 Å². The highest BCUT2D eigenvalue weighted by molar-refractivity contribution is 5.63. The van der Waals surface area contributed by atoms with Gasteiger partial charge in [0.05, 0.1) is 11.3 Å². The first-order valence-corrected chi connectivity index (χ1v) is 9.50. The summed E-state index contributed by atoms with van der Waals surface area (Å²) in [6, 6.07) is 18.0. The summed E-state index contributed by atoms with van der Waals surface area (Å²) in [5.74, 6) is 1.11. The zero-order valence-electron chi connectivity index (χ0n) is 16.1. The SMILES string of the molecule is Cc1cc(N2CCN(c3ccc(F)cc3)CC2)nc(Nc2ccccc2C#N)n1. The average Bonchev–Trinajstić information content (AvgIpc) is 2.74. The molecule has 2 heterocycles. The van der Waals surface area contributed by atoms with Gasteiger partial charge >= 0.3 is 0 Å². The van der Waals surface area contributed by atoms with Crippen LogP contribution < -0.4 is 15.1 Å². The van der Waals surface area contributed by atoms with E-state index in [2.05, 4.69) is 31.2 Å². The van der Waals surface area contributed by atoms with Crippen molar-refractivity contribution >= 4 is 23.1 Å². The van der Waals surface area contributed by atoms with Gasteiger partial charge in [0.1, 0.15) is 17.7 Å². The van der Waals surface area contributed by atoms with E-state index in [4.69, 9.17) is 0 Å². The summed E-state index contributed by atoms with van der Waals surface area (Å²) < 4.78 is 13.2. The number of nitrogens with one attached hydrogen (secondary N) is 1. The van der Waals surface area contributed by atoms with Gasteiger partial charge in [0.2, 0.25) is 5.95 Å². The molecule has 3 aromatic rings. The van der Waals surface area contributed by atoms with Crippen LogP contribution in [0.5, 0.6) is 0 Å². The summed E-state index contributed by atoms with van der Waals surface area (Å²) in [6.07, 6.45) is 0. The van der Waals surface area contributed by atoms with Gasteiger partial charge in [-0.05, 0) is 43.3 Å². The van der Waals surface area contributed by atoms with E-state index in [1.54, 1.807) is 6.07 Å². The molecule has 0 spiro atoms. The number of aromatic nitrogens is 2. The largest absolute Gasteiger partial charge is 0.368 e. The molecule has 0 amide bonds. The average molecular weight is 388 g/mol. The molecule has 1 aromatic heterocycles. The van der Waals surface area contributed by atoms with Gasteiger partial charge in [-0.15, -0.1) is 0 Å². The first kappa shape index (κ1) is 18.7. The minimum Gasteiger partial charge on any atom is -0.368 e. The van der Waals surface area contributed by atoms with Gasteiger partial charge in [0.15, 0.2) is 0 Å². The molecule has 4 rings (SSSR count). The molecule has 0 radical (unpaired) electrons. The second kappa shape index (κ2) is 8.15. The van der Waals surface area contributed by atoms with Crippen LogP contribution in [-0.2, 0) is 0 Å². The molecule has 1 aliphatic heterocycles. The van der Waals surface area contributed by atoms with Crippen molar-refractivity contribution in [1.29, 1.82) is 5.26 Å². The molecule has 0 saturated carbocycles. The van der Waals surface area contributed by atoms with Crippen LogP contribution in [0.4, 0.5) is 27.5 Å². The van der Waals surface area contributed by atoms with Gasteiger partial charge in [-0.25, -0.2) is 9.37 Å². The molecule has 146 valence electrons. The van der Waals surface area contributed by atoms with Crippen molar-refractivity contribution in [3.05, 3.63) is 71.7 Å². The molecule has 7 heteroatoms. The molecule has 1 aliphatic rings. The van der Waals surface area contributed by atoms with E-state index in [0.717, 1.165) is 43.4 Å². The Morgan fingerprint density at radius 2 is 1.66 bits per heavy atom. The summed E-state index contributed by atoms with van der Waals surface area (Å²) in [5, 5.41) is 12.4. The highest BCUT2D eigenvalue weighted by atomic mass is 19.1. The Bertz CT molecular complexity index is 1040. The van der Waals surface area contributed by atoms with E-state index in [0.29, 0.717) is 17.2 Å². The third kappa shape index (κ3) is 4.27. The summed E-state index contributed by atoms with van der Waals surface area (Å²) in [4.78, 5) is 13.6. The van der Waals surface area contributed by atoms with Crippen molar-refractivity contribution in [1.82, 2.24) is 9.97 Å². The number of rotatable bonds is 4. The van der Waals surface area contributed by atoms with Crippen LogP contribution in [0.3, 0.4) is 0 Å². The lowest BCUT2D eigenvalue weighted by Gasteiger charge is -2.36. The zero-order chi connectivity index (χ0) is 20.2. The number of benzene rings is 2. The van der Waals surface area contributed by atoms with Gasteiger partial charge < -0.3 is 15.1 Å². The predicted octanol–water partition coefficient (Wildman–Crippen LogP) is 3.87. The van der Waals surface area contributed by atoms with E-state index in [1.807, 2.05) is 43.3 Å². The Hall–Kier alpha value is -3.66. The van der Waals surface area contributed by atoms with E-state index in [9.17, 15) is 9.65 Å². The Balaban J connectivity index is 1.48. The van der Waals surface area contributed by atoms with Gasteiger partial charge in [0, 0.05) is 43.6 Å². The molecule has 0 atom stereocenters. The Kier molecular flexibility index (Phi) is 5.25. The van der Waals surface area contributed by atoms with Crippen molar-refractivity contribution in [3.63, 3.8) is 0 Å². The van der Waals surface area contributed by atoms with E-state index >= 15 is 0 Å². The Labute approximate surface area is 169 Å². The molecule has 0 unspecified atom stereocenters. The monoisotopic (exact) mass is 388 g/mol. The van der Waals surface area contributed by atoms with Crippen molar-refractivity contribution in [3.8, 4) is 6.07 Å². The quantitative estimate of drug-likeness (QED) is 0.732. The summed E-state index contributed by atoms with van der Waals surface area (Å²) in [5.41, 5.74) is 3.12. The van der Waals surface area contributed by atoms with Crippen LogP contribution in [-0.4, -0.2) is 36.1 Å². The lowest BCUT2D eigenvalue weighted by molar-refractivity contribution is 0.624. The van der Waals surface area contributed by atoms with Gasteiger partial charge in [0.25, 0.3) is 0 Å². The molecular formula is C22H21FN6. The Morgan fingerprint density at radius 3 is 2.38 bits per heavy atom. The third-order valence-corrected chi connectivity index (χ3v) is 4.93. The second-order valence-corrected chi connectivity index (χ2v) is 6.92. The molecule has 1 saturated heterocycles. The molecule has 1 N–H and O–H groups in total. The fourth-order valence-corrected chi connectivity index (χ4v) is 3.43. The number of anilines is 4. The molecular weight excluding hydrogens is 367 g/mol. The van der Waals surface area contributed by atoms with E-state index in [1.165, 1.54) is 12.1 Å². The maximum atomic E-state index is 13.2.